The van der Waals surface area contributed by atoms with Gasteiger partial charge in [0.25, 0.3) is 0 Å². The summed E-state index contributed by atoms with van der Waals surface area (Å²) in [7, 11) is 5.93. The second-order valence-corrected chi connectivity index (χ2v) is 6.75. The Morgan fingerprint density at radius 1 is 0.966 bits per heavy atom. The third-order valence-electron chi connectivity index (χ3n) is 5.07. The Labute approximate surface area is 169 Å². The van der Waals surface area contributed by atoms with Gasteiger partial charge in [-0.15, -0.1) is 0 Å². The van der Waals surface area contributed by atoms with Crippen molar-refractivity contribution in [2.24, 2.45) is 5.92 Å². The molecule has 0 bridgehead atoms. The van der Waals surface area contributed by atoms with Crippen LogP contribution in [0.4, 0.5) is 10.1 Å². The van der Waals surface area contributed by atoms with Crippen molar-refractivity contribution in [3.63, 3.8) is 0 Å². The van der Waals surface area contributed by atoms with E-state index in [0.29, 0.717) is 34.1 Å². The molecular formula is C22H24FNO5. The zero-order valence-corrected chi connectivity index (χ0v) is 17.1. The molecular weight excluding hydrogens is 377 g/mol. The molecule has 3 rings (SSSR count). The highest BCUT2D eigenvalue weighted by Gasteiger charge is 2.49. The second kappa shape index (κ2) is 8.03. The first-order valence-electron chi connectivity index (χ1n) is 8.99. The van der Waals surface area contributed by atoms with E-state index in [-0.39, 0.29) is 11.7 Å². The smallest absolute Gasteiger partial charge is 0.237 e. The molecule has 154 valence electrons. The van der Waals surface area contributed by atoms with Crippen molar-refractivity contribution in [3.05, 3.63) is 53.9 Å². The molecule has 1 aliphatic rings. The van der Waals surface area contributed by atoms with Gasteiger partial charge in [-0.05, 0) is 24.6 Å². The number of nitrogens with zero attached hydrogens (tertiary/aromatic N) is 1. The summed E-state index contributed by atoms with van der Waals surface area (Å²) in [6.07, 6.45) is 0. The van der Waals surface area contributed by atoms with Gasteiger partial charge in [0.05, 0.1) is 46.1 Å². The maximum Gasteiger partial charge on any atom is 0.237 e. The van der Waals surface area contributed by atoms with Crippen LogP contribution in [0.15, 0.2) is 42.5 Å². The van der Waals surface area contributed by atoms with Crippen LogP contribution < -0.4 is 23.8 Å². The van der Waals surface area contributed by atoms with E-state index in [4.69, 9.17) is 18.9 Å². The average Bonchev–Trinajstić information content (AvgIpc) is 2.70. The molecule has 2 atom stereocenters. The summed E-state index contributed by atoms with van der Waals surface area (Å²) in [5.74, 6) is 0.339. The third kappa shape index (κ3) is 3.37. The normalized spacial score (nSPS) is 18.1. The van der Waals surface area contributed by atoms with Crippen molar-refractivity contribution in [1.82, 2.24) is 0 Å². The zero-order chi connectivity index (χ0) is 21.3. The van der Waals surface area contributed by atoms with E-state index in [0.717, 1.165) is 0 Å². The maximum absolute atomic E-state index is 14.4. The minimum absolute atomic E-state index is 0.131. The van der Waals surface area contributed by atoms with Crippen LogP contribution in [0.5, 0.6) is 23.0 Å². The lowest BCUT2D eigenvalue weighted by Crippen LogP contribution is -2.55. The molecule has 0 aliphatic carbocycles. The molecule has 6 nitrogen and oxygen atoms in total. The van der Waals surface area contributed by atoms with Gasteiger partial charge in [-0.3, -0.25) is 4.79 Å². The summed E-state index contributed by atoms with van der Waals surface area (Å²) in [5, 5.41) is 0. The number of hydrogen-bond acceptors (Lipinski definition) is 5. The number of anilines is 1. The van der Waals surface area contributed by atoms with Gasteiger partial charge in [0.1, 0.15) is 0 Å². The number of hydrogen-bond donors (Lipinski definition) is 0. The van der Waals surface area contributed by atoms with E-state index >= 15 is 0 Å². The highest BCUT2D eigenvalue weighted by Crippen LogP contribution is 2.50. The van der Waals surface area contributed by atoms with Crippen LogP contribution in [-0.4, -0.2) is 34.3 Å². The van der Waals surface area contributed by atoms with Crippen molar-refractivity contribution in [2.45, 2.75) is 13.0 Å². The maximum atomic E-state index is 14.4. The number of amides is 1. The van der Waals surface area contributed by atoms with Gasteiger partial charge in [0.15, 0.2) is 23.1 Å². The first-order valence-corrected chi connectivity index (χ1v) is 8.99. The summed E-state index contributed by atoms with van der Waals surface area (Å²) >= 11 is 0. The molecule has 0 unspecified atom stereocenters. The molecule has 0 N–H and O–H groups in total. The minimum Gasteiger partial charge on any atom is -0.494 e. The van der Waals surface area contributed by atoms with Crippen molar-refractivity contribution in [2.75, 3.05) is 33.3 Å². The number of rotatable bonds is 7. The Morgan fingerprint density at radius 2 is 1.55 bits per heavy atom. The summed E-state index contributed by atoms with van der Waals surface area (Å²) in [5.41, 5.74) is 1.91. The number of ether oxygens (including phenoxy) is 4. The van der Waals surface area contributed by atoms with Gasteiger partial charge < -0.3 is 23.8 Å². The molecule has 29 heavy (non-hydrogen) atoms. The number of carbonyl (C=O) groups excluding carboxylic acids is 1. The van der Waals surface area contributed by atoms with Crippen molar-refractivity contribution < 1.29 is 28.1 Å². The average molecular weight is 401 g/mol. The number of carbonyl (C=O) groups is 1. The van der Waals surface area contributed by atoms with E-state index in [9.17, 15) is 9.18 Å². The first kappa shape index (κ1) is 20.5. The zero-order valence-electron chi connectivity index (χ0n) is 17.1. The predicted molar refractivity (Wildman–Crippen MR) is 108 cm³/mol. The van der Waals surface area contributed by atoms with Crippen molar-refractivity contribution >= 4 is 11.6 Å². The quantitative estimate of drug-likeness (QED) is 0.516. The molecule has 0 aromatic heterocycles. The SMILES string of the molecule is C=C(C)[C@@H]1C(=O)N(c2cc(OC)c(OC)c(OC)c2)[C@H]1c1ccc(OC)c(F)c1. The highest BCUT2D eigenvalue weighted by atomic mass is 19.1. The largest absolute Gasteiger partial charge is 0.494 e. The molecule has 1 amide bonds. The monoisotopic (exact) mass is 401 g/mol. The Morgan fingerprint density at radius 3 is 2.00 bits per heavy atom. The predicted octanol–water partition coefficient (Wildman–Crippen LogP) is 4.14. The molecule has 2 aromatic rings. The van der Waals surface area contributed by atoms with Crippen LogP contribution in [0.2, 0.25) is 0 Å². The summed E-state index contributed by atoms with van der Waals surface area (Å²) in [6, 6.07) is 7.66. The molecule has 1 aliphatic heterocycles. The number of β-lactam (4-membered cyclic amide) rings is 1. The van der Waals surface area contributed by atoms with Gasteiger partial charge in [-0.25, -0.2) is 4.39 Å². The van der Waals surface area contributed by atoms with Gasteiger partial charge in [-0.2, -0.15) is 0 Å². The molecule has 2 aromatic carbocycles. The number of halogens is 1. The highest BCUT2D eigenvalue weighted by molar-refractivity contribution is 6.05. The van der Waals surface area contributed by atoms with Crippen molar-refractivity contribution in [3.8, 4) is 23.0 Å². The molecule has 0 radical (unpaired) electrons. The third-order valence-corrected chi connectivity index (χ3v) is 5.07. The lowest BCUT2D eigenvalue weighted by atomic mass is 9.78. The number of benzene rings is 2. The molecule has 0 saturated carbocycles. The van der Waals surface area contributed by atoms with Gasteiger partial charge in [-0.1, -0.05) is 18.2 Å². The fourth-order valence-corrected chi connectivity index (χ4v) is 3.67. The minimum atomic E-state index is -0.491. The summed E-state index contributed by atoms with van der Waals surface area (Å²) in [4.78, 5) is 14.6. The standard InChI is InChI=1S/C22H24FNO5/c1-12(2)19-20(13-7-8-16(26-3)15(23)9-13)24(22(19)25)14-10-17(27-4)21(29-6)18(11-14)28-5/h7-11,19-20H,1H2,2-6H3/t19-,20-/m0/s1. The number of methoxy groups -OCH3 is 4. The van der Waals surface area contributed by atoms with E-state index in [1.807, 2.05) is 0 Å². The lowest BCUT2D eigenvalue weighted by Gasteiger charge is -2.48. The molecule has 7 heteroatoms. The Balaban J connectivity index is 2.11. The van der Waals surface area contributed by atoms with E-state index < -0.39 is 17.8 Å². The lowest BCUT2D eigenvalue weighted by molar-refractivity contribution is -0.128. The topological polar surface area (TPSA) is 57.2 Å². The van der Waals surface area contributed by atoms with Crippen LogP contribution in [0.1, 0.15) is 18.5 Å². The Kier molecular flexibility index (Phi) is 5.68. The second-order valence-electron chi connectivity index (χ2n) is 6.75. The van der Waals surface area contributed by atoms with E-state index in [2.05, 4.69) is 6.58 Å². The molecule has 0 spiro atoms. The van der Waals surface area contributed by atoms with Crippen LogP contribution in [0.3, 0.4) is 0 Å². The van der Waals surface area contributed by atoms with Gasteiger partial charge >= 0.3 is 0 Å². The summed E-state index contributed by atoms with van der Waals surface area (Å²) < 4.78 is 35.5. The molecule has 1 saturated heterocycles. The van der Waals surface area contributed by atoms with Gasteiger partial charge in [0.2, 0.25) is 11.7 Å². The fraction of sp³-hybridized carbons (Fsp3) is 0.318. The fourth-order valence-electron chi connectivity index (χ4n) is 3.67. The Bertz CT molecular complexity index is 933. The van der Waals surface area contributed by atoms with E-state index in [1.54, 1.807) is 36.1 Å². The van der Waals surface area contributed by atoms with Crippen LogP contribution in [-0.2, 0) is 4.79 Å². The molecule has 1 fully saturated rings. The van der Waals surface area contributed by atoms with E-state index in [1.165, 1.54) is 34.5 Å². The first-order chi connectivity index (χ1) is 13.9. The van der Waals surface area contributed by atoms with Crippen molar-refractivity contribution in [1.29, 1.82) is 0 Å². The summed E-state index contributed by atoms with van der Waals surface area (Å²) in [6.45, 7) is 5.74. The molecule has 1 heterocycles. The Hall–Kier alpha value is -3.22. The van der Waals surface area contributed by atoms with Crippen LogP contribution in [0.25, 0.3) is 0 Å². The van der Waals surface area contributed by atoms with Gasteiger partial charge in [0, 0.05) is 12.1 Å². The van der Waals surface area contributed by atoms with Crippen LogP contribution >= 0.6 is 0 Å². The van der Waals surface area contributed by atoms with Crippen LogP contribution in [0, 0.1) is 11.7 Å².